The highest BCUT2D eigenvalue weighted by molar-refractivity contribution is 6.32. The molecule has 2 aromatic rings. The van der Waals surface area contributed by atoms with Crippen molar-refractivity contribution in [3.05, 3.63) is 52.1 Å². The number of rotatable bonds is 10. The molecule has 1 saturated heterocycles. The number of nitrogens with one attached hydrogen (secondary N) is 3. The quantitative estimate of drug-likeness (QED) is 0.347. The summed E-state index contributed by atoms with van der Waals surface area (Å²) in [7, 11) is 0. The van der Waals surface area contributed by atoms with Gasteiger partial charge in [-0.15, -0.1) is 0 Å². The number of benzene rings is 1. The van der Waals surface area contributed by atoms with Gasteiger partial charge in [0.05, 0.1) is 12.0 Å². The monoisotopic (exact) mass is 529 g/mol. The number of carbonyl (C=O) groups excluding carboxylic acids is 2. The first-order valence-electron chi connectivity index (χ1n) is 13.3. The molecule has 4 N–H and O–H groups in total. The molecular weight excluding hydrogens is 494 g/mol. The number of amides is 2. The van der Waals surface area contributed by atoms with E-state index in [0.29, 0.717) is 18.8 Å². The van der Waals surface area contributed by atoms with Crippen molar-refractivity contribution in [2.45, 2.75) is 83.2 Å². The Kier molecular flexibility index (Phi) is 9.21. The molecule has 1 aromatic heterocycles. The third-order valence-corrected chi connectivity index (χ3v) is 7.74. The SMILES string of the molecule is CCCCc1nc(Cl)c(C(=O)O)n1Cc1ccc(C(C(=O)NNC(=O)[C@@H]2CCCN2)C2CCCC2)cc1. The van der Waals surface area contributed by atoms with Crippen LogP contribution in [0, 0.1) is 5.92 Å². The molecule has 0 bridgehead atoms. The molecule has 0 spiro atoms. The molecule has 10 heteroatoms. The molecule has 2 heterocycles. The molecular formula is C27H36ClN5O4. The largest absolute Gasteiger partial charge is 0.476 e. The van der Waals surface area contributed by atoms with Crippen LogP contribution in [0.1, 0.15) is 91.6 Å². The van der Waals surface area contributed by atoms with E-state index >= 15 is 0 Å². The number of aromatic nitrogens is 2. The summed E-state index contributed by atoms with van der Waals surface area (Å²) >= 11 is 6.17. The number of aromatic carboxylic acids is 1. The number of unbranched alkanes of at least 4 members (excludes halogenated alkanes) is 1. The van der Waals surface area contributed by atoms with Gasteiger partial charge in [-0.1, -0.05) is 62.1 Å². The zero-order valence-corrected chi connectivity index (χ0v) is 22.0. The van der Waals surface area contributed by atoms with Gasteiger partial charge in [-0.25, -0.2) is 9.78 Å². The van der Waals surface area contributed by atoms with Gasteiger partial charge in [-0.3, -0.25) is 20.4 Å². The lowest BCUT2D eigenvalue weighted by molar-refractivity contribution is -0.131. The third-order valence-electron chi connectivity index (χ3n) is 7.48. The van der Waals surface area contributed by atoms with Crippen LogP contribution in [0.15, 0.2) is 24.3 Å². The highest BCUT2D eigenvalue weighted by Gasteiger charge is 2.33. The number of aryl methyl sites for hydroxylation is 1. The van der Waals surface area contributed by atoms with Gasteiger partial charge in [0.2, 0.25) is 5.91 Å². The topological polar surface area (TPSA) is 125 Å². The first-order chi connectivity index (χ1) is 17.9. The minimum atomic E-state index is -1.11. The van der Waals surface area contributed by atoms with Gasteiger partial charge in [-0.05, 0) is 55.7 Å². The highest BCUT2D eigenvalue weighted by atomic mass is 35.5. The normalized spacial score (nSPS) is 18.6. The van der Waals surface area contributed by atoms with E-state index in [0.717, 1.165) is 69.0 Å². The van der Waals surface area contributed by atoms with E-state index in [1.807, 2.05) is 24.3 Å². The fraction of sp³-hybridized carbons (Fsp3) is 0.556. The minimum Gasteiger partial charge on any atom is -0.476 e. The molecule has 200 valence electrons. The molecule has 2 aliphatic rings. The van der Waals surface area contributed by atoms with Gasteiger partial charge < -0.3 is 15.0 Å². The summed E-state index contributed by atoms with van der Waals surface area (Å²) in [6, 6.07) is 7.45. The van der Waals surface area contributed by atoms with E-state index in [9.17, 15) is 19.5 Å². The van der Waals surface area contributed by atoms with Crippen LogP contribution in [0.3, 0.4) is 0 Å². The summed E-state index contributed by atoms with van der Waals surface area (Å²) < 4.78 is 1.67. The molecule has 1 aliphatic heterocycles. The van der Waals surface area contributed by atoms with E-state index in [4.69, 9.17) is 11.6 Å². The molecule has 4 rings (SSSR count). The van der Waals surface area contributed by atoms with E-state index < -0.39 is 5.97 Å². The second-order valence-corrected chi connectivity index (χ2v) is 10.4. The van der Waals surface area contributed by atoms with Crippen molar-refractivity contribution < 1.29 is 19.5 Å². The van der Waals surface area contributed by atoms with Crippen LogP contribution >= 0.6 is 11.6 Å². The number of hydrogen-bond acceptors (Lipinski definition) is 5. The van der Waals surface area contributed by atoms with Gasteiger partial charge in [0.25, 0.3) is 5.91 Å². The number of halogens is 1. The summed E-state index contributed by atoms with van der Waals surface area (Å²) in [6.07, 6.45) is 8.32. The van der Waals surface area contributed by atoms with Crippen molar-refractivity contribution in [2.24, 2.45) is 5.92 Å². The molecule has 9 nitrogen and oxygen atoms in total. The zero-order valence-electron chi connectivity index (χ0n) is 21.3. The predicted octanol–water partition coefficient (Wildman–Crippen LogP) is 3.80. The fourth-order valence-electron chi connectivity index (χ4n) is 5.50. The second kappa shape index (κ2) is 12.6. The number of carboxylic acid groups (broad SMARTS) is 1. The smallest absolute Gasteiger partial charge is 0.355 e. The van der Waals surface area contributed by atoms with Crippen LogP contribution < -0.4 is 16.2 Å². The lowest BCUT2D eigenvalue weighted by Gasteiger charge is -2.24. The number of imidazole rings is 1. The van der Waals surface area contributed by atoms with Crippen LogP contribution in [-0.4, -0.2) is 45.0 Å². The van der Waals surface area contributed by atoms with Gasteiger partial charge in [-0.2, -0.15) is 0 Å². The number of carboxylic acids is 1. The molecule has 0 radical (unpaired) electrons. The number of nitrogens with zero attached hydrogens (tertiary/aromatic N) is 2. The van der Waals surface area contributed by atoms with Gasteiger partial charge in [0.1, 0.15) is 5.82 Å². The van der Waals surface area contributed by atoms with Gasteiger partial charge in [0, 0.05) is 13.0 Å². The molecule has 1 aliphatic carbocycles. The molecule has 1 unspecified atom stereocenters. The molecule has 2 atom stereocenters. The summed E-state index contributed by atoms with van der Waals surface area (Å²) in [5.41, 5.74) is 7.04. The number of hydrazine groups is 1. The Morgan fingerprint density at radius 2 is 1.86 bits per heavy atom. The maximum absolute atomic E-state index is 13.3. The highest BCUT2D eigenvalue weighted by Crippen LogP contribution is 2.37. The van der Waals surface area contributed by atoms with E-state index in [2.05, 4.69) is 28.1 Å². The Labute approximate surface area is 222 Å². The van der Waals surface area contributed by atoms with Crippen molar-refractivity contribution in [2.75, 3.05) is 6.54 Å². The summed E-state index contributed by atoms with van der Waals surface area (Å²) in [5.74, 6) is -1.03. The number of carbonyl (C=O) groups is 3. The van der Waals surface area contributed by atoms with E-state index in [1.165, 1.54) is 0 Å². The summed E-state index contributed by atoms with van der Waals surface area (Å²) in [5, 5.41) is 12.8. The van der Waals surface area contributed by atoms with Crippen LogP contribution in [0.4, 0.5) is 0 Å². The van der Waals surface area contributed by atoms with Crippen molar-refractivity contribution in [1.29, 1.82) is 0 Å². The van der Waals surface area contributed by atoms with Gasteiger partial charge >= 0.3 is 5.97 Å². The fourth-order valence-corrected chi connectivity index (χ4v) is 5.78. The first-order valence-corrected chi connectivity index (χ1v) is 13.7. The molecule has 1 saturated carbocycles. The average Bonchev–Trinajstić information content (AvgIpc) is 3.65. The number of hydrogen-bond donors (Lipinski definition) is 4. The maximum atomic E-state index is 13.3. The molecule has 2 fully saturated rings. The van der Waals surface area contributed by atoms with Crippen molar-refractivity contribution in [3.63, 3.8) is 0 Å². The Hall–Kier alpha value is -2.91. The van der Waals surface area contributed by atoms with Crippen molar-refractivity contribution in [3.8, 4) is 0 Å². The Morgan fingerprint density at radius 3 is 2.49 bits per heavy atom. The Bertz CT molecular complexity index is 1100. The third kappa shape index (κ3) is 6.51. The van der Waals surface area contributed by atoms with E-state index in [1.54, 1.807) is 4.57 Å². The Morgan fingerprint density at radius 1 is 1.14 bits per heavy atom. The van der Waals surface area contributed by atoms with Crippen LogP contribution in [0.5, 0.6) is 0 Å². The molecule has 1 aromatic carbocycles. The van der Waals surface area contributed by atoms with E-state index in [-0.39, 0.29) is 40.5 Å². The lowest BCUT2D eigenvalue weighted by Crippen LogP contribution is -2.50. The summed E-state index contributed by atoms with van der Waals surface area (Å²) in [6.45, 7) is 3.20. The van der Waals surface area contributed by atoms with Crippen LogP contribution in [0.2, 0.25) is 5.15 Å². The molecule has 2 amide bonds. The lowest BCUT2D eigenvalue weighted by atomic mass is 9.84. The minimum absolute atomic E-state index is 0.00282. The second-order valence-electron chi connectivity index (χ2n) is 10.1. The molecule has 37 heavy (non-hydrogen) atoms. The summed E-state index contributed by atoms with van der Waals surface area (Å²) in [4.78, 5) is 41.8. The van der Waals surface area contributed by atoms with Crippen LogP contribution in [-0.2, 0) is 22.6 Å². The standard InChI is InChI=1S/C27H36ClN5O4/c1-2-3-10-21-30-24(28)23(27(36)37)33(21)16-17-11-13-19(14-12-17)22(18-7-4-5-8-18)26(35)32-31-25(34)20-9-6-15-29-20/h11-14,18,20,22,29H,2-10,15-16H2,1H3,(H,31,34)(H,32,35)(H,36,37)/t20-,22?/m0/s1. The average molecular weight is 530 g/mol. The Balaban J connectivity index is 1.50. The van der Waals surface area contributed by atoms with Crippen molar-refractivity contribution >= 4 is 29.4 Å². The van der Waals surface area contributed by atoms with Crippen LogP contribution in [0.25, 0.3) is 0 Å². The van der Waals surface area contributed by atoms with Crippen molar-refractivity contribution in [1.82, 2.24) is 25.7 Å². The first kappa shape index (κ1) is 27.1. The van der Waals surface area contributed by atoms with Gasteiger partial charge in [0.15, 0.2) is 10.8 Å². The zero-order chi connectivity index (χ0) is 26.4. The maximum Gasteiger partial charge on any atom is 0.355 e. The predicted molar refractivity (Wildman–Crippen MR) is 140 cm³/mol.